The largest absolute Gasteiger partial charge is 0.493 e. The Bertz CT molecular complexity index is 628. The smallest absolute Gasteiger partial charge is 0.334 e. The third-order valence-electron chi connectivity index (χ3n) is 3.56. The van der Waals surface area contributed by atoms with Crippen molar-refractivity contribution in [3.8, 4) is 11.5 Å². The summed E-state index contributed by atoms with van der Waals surface area (Å²) in [5, 5.41) is 8.97. The molecule has 1 fully saturated rings. The van der Waals surface area contributed by atoms with Gasteiger partial charge in [-0.15, -0.1) is 0 Å². The van der Waals surface area contributed by atoms with E-state index in [4.69, 9.17) is 19.3 Å². The number of carboxylic acid groups (broad SMARTS) is 1. The molecule has 7 nitrogen and oxygen atoms in total. The van der Waals surface area contributed by atoms with Crippen LogP contribution in [0.15, 0.2) is 24.3 Å². The lowest BCUT2D eigenvalue weighted by Gasteiger charge is -2.30. The van der Waals surface area contributed by atoms with E-state index in [-0.39, 0.29) is 19.1 Å². The third-order valence-corrected chi connectivity index (χ3v) is 3.56. The molecule has 24 heavy (non-hydrogen) atoms. The summed E-state index contributed by atoms with van der Waals surface area (Å²) < 4.78 is 15.8. The molecule has 1 unspecified atom stereocenters. The van der Waals surface area contributed by atoms with Gasteiger partial charge in [-0.2, -0.15) is 0 Å². The molecule has 130 valence electrons. The van der Waals surface area contributed by atoms with E-state index in [2.05, 4.69) is 0 Å². The lowest BCUT2D eigenvalue weighted by atomic mass is 10.1. The molecule has 1 atom stereocenters. The average Bonchev–Trinajstić information content (AvgIpc) is 2.60. The summed E-state index contributed by atoms with van der Waals surface area (Å²) in [5.74, 6) is -0.0870. The van der Waals surface area contributed by atoms with Gasteiger partial charge in [-0.1, -0.05) is 6.07 Å². The van der Waals surface area contributed by atoms with Crippen molar-refractivity contribution in [1.29, 1.82) is 0 Å². The van der Waals surface area contributed by atoms with Gasteiger partial charge in [0.15, 0.2) is 17.6 Å². The number of morpholine rings is 1. The molecule has 1 amide bonds. The second-order valence-corrected chi connectivity index (χ2v) is 5.16. The number of hydrogen-bond donors (Lipinski definition) is 1. The zero-order chi connectivity index (χ0) is 17.5. The van der Waals surface area contributed by atoms with Crippen molar-refractivity contribution in [1.82, 2.24) is 4.90 Å². The van der Waals surface area contributed by atoms with Gasteiger partial charge in [0.25, 0.3) is 0 Å². The predicted molar refractivity (Wildman–Crippen MR) is 87.2 cm³/mol. The number of carbonyl (C=O) groups excluding carboxylic acids is 1. The minimum Gasteiger partial charge on any atom is -0.493 e. The number of amides is 1. The first kappa shape index (κ1) is 17.8. The maximum atomic E-state index is 12.2. The average molecular weight is 335 g/mol. The van der Waals surface area contributed by atoms with Crippen LogP contribution < -0.4 is 9.47 Å². The molecule has 1 aromatic carbocycles. The molecule has 1 N–H and O–H groups in total. The molecule has 0 spiro atoms. The van der Waals surface area contributed by atoms with E-state index >= 15 is 0 Å². The van der Waals surface area contributed by atoms with Gasteiger partial charge in [-0.25, -0.2) is 4.79 Å². The van der Waals surface area contributed by atoms with Crippen LogP contribution in [0.3, 0.4) is 0 Å². The Balaban J connectivity index is 2.05. The number of hydrogen-bond acceptors (Lipinski definition) is 5. The topological polar surface area (TPSA) is 85.3 Å². The number of methoxy groups -OCH3 is 1. The Morgan fingerprint density at radius 2 is 2.21 bits per heavy atom. The first-order chi connectivity index (χ1) is 11.5. The fourth-order valence-corrected chi connectivity index (χ4v) is 2.34. The number of carboxylic acids is 1. The van der Waals surface area contributed by atoms with Crippen molar-refractivity contribution in [2.24, 2.45) is 0 Å². The van der Waals surface area contributed by atoms with Crippen molar-refractivity contribution < 1.29 is 28.9 Å². The van der Waals surface area contributed by atoms with Crippen LogP contribution in [0.25, 0.3) is 6.08 Å². The zero-order valence-electron chi connectivity index (χ0n) is 13.7. The monoisotopic (exact) mass is 335 g/mol. The Labute approximate surface area is 140 Å². The summed E-state index contributed by atoms with van der Waals surface area (Å²) in [7, 11) is 1.56. The highest BCUT2D eigenvalue weighted by Gasteiger charge is 2.27. The minimum atomic E-state index is -1.06. The van der Waals surface area contributed by atoms with E-state index in [1.54, 1.807) is 25.3 Å². The van der Waals surface area contributed by atoms with Crippen molar-refractivity contribution in [3.05, 3.63) is 29.8 Å². The van der Waals surface area contributed by atoms with E-state index in [1.807, 2.05) is 13.0 Å². The Morgan fingerprint density at radius 3 is 2.88 bits per heavy atom. The van der Waals surface area contributed by atoms with E-state index in [0.29, 0.717) is 24.7 Å². The summed E-state index contributed by atoms with van der Waals surface area (Å²) in [4.78, 5) is 24.6. The Morgan fingerprint density at radius 1 is 1.42 bits per heavy atom. The molecule has 2 rings (SSSR count). The van der Waals surface area contributed by atoms with Crippen molar-refractivity contribution in [2.75, 3.05) is 33.4 Å². The Kier molecular flexibility index (Phi) is 6.20. The lowest BCUT2D eigenvalue weighted by molar-refractivity contribution is -0.158. The van der Waals surface area contributed by atoms with Crippen LogP contribution in [-0.2, 0) is 14.3 Å². The van der Waals surface area contributed by atoms with Crippen LogP contribution in [0.2, 0.25) is 0 Å². The molecular weight excluding hydrogens is 314 g/mol. The number of ether oxygens (including phenoxy) is 3. The normalized spacial score (nSPS) is 17.8. The van der Waals surface area contributed by atoms with Crippen LogP contribution in [-0.4, -0.2) is 61.4 Å². The predicted octanol–water partition coefficient (Wildman–Crippen LogP) is 1.42. The summed E-state index contributed by atoms with van der Waals surface area (Å²) >= 11 is 0. The third kappa shape index (κ3) is 4.48. The summed E-state index contributed by atoms with van der Waals surface area (Å²) in [6.45, 7) is 3.02. The number of rotatable bonds is 6. The van der Waals surface area contributed by atoms with Crippen LogP contribution in [0.4, 0.5) is 0 Å². The Hall–Kier alpha value is -2.54. The lowest BCUT2D eigenvalue weighted by Crippen LogP contribution is -2.48. The van der Waals surface area contributed by atoms with Gasteiger partial charge >= 0.3 is 5.97 Å². The molecular formula is C17H21NO6. The summed E-state index contributed by atoms with van der Waals surface area (Å²) in [6, 6.07) is 5.36. The van der Waals surface area contributed by atoms with Gasteiger partial charge in [0.1, 0.15) is 0 Å². The highest BCUT2D eigenvalue weighted by Crippen LogP contribution is 2.28. The van der Waals surface area contributed by atoms with Crippen molar-refractivity contribution in [3.63, 3.8) is 0 Å². The van der Waals surface area contributed by atoms with Crippen molar-refractivity contribution in [2.45, 2.75) is 13.0 Å². The fraction of sp³-hybridized carbons (Fsp3) is 0.412. The zero-order valence-corrected chi connectivity index (χ0v) is 13.7. The summed E-state index contributed by atoms with van der Waals surface area (Å²) in [5.41, 5.74) is 0.788. The van der Waals surface area contributed by atoms with E-state index < -0.39 is 12.1 Å². The van der Waals surface area contributed by atoms with Crippen LogP contribution in [0.5, 0.6) is 11.5 Å². The number of nitrogens with zero attached hydrogens (tertiary/aromatic N) is 1. The standard InChI is InChI=1S/C17H21NO6/c1-3-23-14-10-12(4-6-13(14)22-2)5-7-16(19)18-8-9-24-15(11-18)17(20)21/h4-7,10,15H,3,8-9,11H2,1-2H3,(H,20,21). The van der Waals surface area contributed by atoms with Gasteiger partial charge in [0.2, 0.25) is 5.91 Å². The molecule has 1 aromatic rings. The van der Waals surface area contributed by atoms with Crippen LogP contribution >= 0.6 is 0 Å². The molecule has 0 radical (unpaired) electrons. The minimum absolute atomic E-state index is 0.0469. The van der Waals surface area contributed by atoms with E-state index in [0.717, 1.165) is 5.56 Å². The van der Waals surface area contributed by atoms with Crippen LogP contribution in [0, 0.1) is 0 Å². The highest BCUT2D eigenvalue weighted by atomic mass is 16.5. The molecule has 0 aliphatic carbocycles. The highest BCUT2D eigenvalue weighted by molar-refractivity contribution is 5.92. The van der Waals surface area contributed by atoms with Gasteiger partial charge in [0, 0.05) is 12.6 Å². The van der Waals surface area contributed by atoms with Gasteiger partial charge in [-0.05, 0) is 30.7 Å². The van der Waals surface area contributed by atoms with Gasteiger partial charge in [-0.3, -0.25) is 4.79 Å². The molecule has 0 bridgehead atoms. The number of benzene rings is 1. The van der Waals surface area contributed by atoms with Crippen molar-refractivity contribution >= 4 is 18.0 Å². The van der Waals surface area contributed by atoms with Gasteiger partial charge in [0.05, 0.1) is 26.9 Å². The van der Waals surface area contributed by atoms with E-state index in [9.17, 15) is 9.59 Å². The first-order valence-electron chi connectivity index (χ1n) is 7.67. The number of aliphatic carboxylic acids is 1. The molecule has 1 saturated heterocycles. The molecule has 0 saturated carbocycles. The first-order valence-corrected chi connectivity index (χ1v) is 7.67. The molecule has 1 heterocycles. The molecule has 0 aromatic heterocycles. The second-order valence-electron chi connectivity index (χ2n) is 5.16. The SMILES string of the molecule is CCOc1cc(C=CC(=O)N2CCOC(C(=O)O)C2)ccc1OC. The summed E-state index contributed by atoms with van der Waals surface area (Å²) in [6.07, 6.45) is 2.11. The maximum absolute atomic E-state index is 12.2. The number of carbonyl (C=O) groups is 2. The van der Waals surface area contributed by atoms with Crippen LogP contribution in [0.1, 0.15) is 12.5 Å². The second kappa shape index (κ2) is 8.35. The fourth-order valence-electron chi connectivity index (χ4n) is 2.34. The quantitative estimate of drug-likeness (QED) is 0.792. The molecule has 1 aliphatic rings. The van der Waals surface area contributed by atoms with E-state index in [1.165, 1.54) is 11.0 Å². The molecule has 1 aliphatic heterocycles. The maximum Gasteiger partial charge on any atom is 0.334 e. The molecule has 7 heteroatoms. The van der Waals surface area contributed by atoms with Gasteiger partial charge < -0.3 is 24.2 Å².